The number of carbonyl (C=O) groups is 1. The SMILES string of the molecule is CCCCN1C(=O)CCc2cc(CS(=O)(=O)Cc3ccc(C)cc3)ccc21. The predicted molar refractivity (Wildman–Crippen MR) is 110 cm³/mol. The molecule has 2 aromatic rings. The van der Waals surface area contributed by atoms with Gasteiger partial charge in [0.05, 0.1) is 11.5 Å². The van der Waals surface area contributed by atoms with Crippen LogP contribution in [0.1, 0.15) is 48.4 Å². The quantitative estimate of drug-likeness (QED) is 0.718. The van der Waals surface area contributed by atoms with Crippen LogP contribution < -0.4 is 4.90 Å². The molecule has 0 spiro atoms. The maximum Gasteiger partial charge on any atom is 0.227 e. The summed E-state index contributed by atoms with van der Waals surface area (Å²) < 4.78 is 25.2. The number of anilines is 1. The number of benzene rings is 2. The molecule has 0 aliphatic carbocycles. The van der Waals surface area contributed by atoms with Crippen LogP contribution in [0.15, 0.2) is 42.5 Å². The maximum absolute atomic E-state index is 12.6. The van der Waals surface area contributed by atoms with Gasteiger partial charge in [-0.1, -0.05) is 55.3 Å². The second-order valence-electron chi connectivity index (χ2n) is 7.38. The first kappa shape index (κ1) is 19.6. The summed E-state index contributed by atoms with van der Waals surface area (Å²) in [5.74, 6) is 0.235. The maximum atomic E-state index is 12.6. The van der Waals surface area contributed by atoms with Gasteiger partial charge in [0.1, 0.15) is 0 Å². The minimum absolute atomic E-state index is 0.0249. The normalized spacial score (nSPS) is 14.3. The van der Waals surface area contributed by atoms with E-state index in [1.807, 2.05) is 54.3 Å². The lowest BCUT2D eigenvalue weighted by Gasteiger charge is -2.29. The van der Waals surface area contributed by atoms with Crippen molar-refractivity contribution in [3.8, 4) is 0 Å². The summed E-state index contributed by atoms with van der Waals surface area (Å²) in [4.78, 5) is 14.1. The van der Waals surface area contributed by atoms with Gasteiger partial charge in [0.2, 0.25) is 5.91 Å². The van der Waals surface area contributed by atoms with Gasteiger partial charge in [0, 0.05) is 18.7 Å². The van der Waals surface area contributed by atoms with E-state index in [2.05, 4.69) is 6.92 Å². The van der Waals surface area contributed by atoms with Gasteiger partial charge in [-0.05, 0) is 42.5 Å². The molecular formula is C22H27NO3S. The van der Waals surface area contributed by atoms with Crippen molar-refractivity contribution < 1.29 is 13.2 Å². The van der Waals surface area contributed by atoms with Crippen LogP contribution in [0.2, 0.25) is 0 Å². The molecule has 144 valence electrons. The average Bonchev–Trinajstić information content (AvgIpc) is 2.62. The van der Waals surface area contributed by atoms with E-state index in [1.54, 1.807) is 0 Å². The molecule has 1 aliphatic heterocycles. The minimum Gasteiger partial charge on any atom is -0.312 e. The molecule has 0 saturated heterocycles. The Morgan fingerprint density at radius 3 is 2.33 bits per heavy atom. The Kier molecular flexibility index (Phi) is 6.00. The van der Waals surface area contributed by atoms with Crippen LogP contribution in [0, 0.1) is 6.92 Å². The van der Waals surface area contributed by atoms with E-state index in [1.165, 1.54) is 0 Å². The topological polar surface area (TPSA) is 54.5 Å². The van der Waals surface area contributed by atoms with Crippen molar-refractivity contribution in [1.29, 1.82) is 0 Å². The van der Waals surface area contributed by atoms with Crippen molar-refractivity contribution in [3.05, 3.63) is 64.7 Å². The molecule has 2 aromatic carbocycles. The van der Waals surface area contributed by atoms with E-state index in [-0.39, 0.29) is 17.4 Å². The number of fused-ring (bicyclic) bond motifs is 1. The predicted octanol–water partition coefficient (Wildman–Crippen LogP) is 4.19. The standard InChI is InChI=1S/C22H27NO3S/c1-3-4-13-23-21-11-9-19(14-20(21)10-12-22(23)24)16-27(25,26)15-18-7-5-17(2)6-8-18/h5-9,11,14H,3-4,10,12-13,15-16H2,1-2H3. The lowest BCUT2D eigenvalue weighted by atomic mass is 9.99. The lowest BCUT2D eigenvalue weighted by molar-refractivity contribution is -0.118. The van der Waals surface area contributed by atoms with E-state index in [0.29, 0.717) is 12.8 Å². The zero-order valence-corrected chi connectivity index (χ0v) is 16.9. The zero-order valence-electron chi connectivity index (χ0n) is 16.1. The van der Waals surface area contributed by atoms with Gasteiger partial charge in [-0.25, -0.2) is 8.42 Å². The van der Waals surface area contributed by atoms with Crippen LogP contribution in [0.25, 0.3) is 0 Å². The van der Waals surface area contributed by atoms with Crippen molar-refractivity contribution in [1.82, 2.24) is 0 Å². The summed E-state index contributed by atoms with van der Waals surface area (Å²) in [7, 11) is -3.25. The molecule has 1 amide bonds. The van der Waals surface area contributed by atoms with Crippen LogP contribution >= 0.6 is 0 Å². The van der Waals surface area contributed by atoms with Crippen molar-refractivity contribution in [2.24, 2.45) is 0 Å². The highest BCUT2D eigenvalue weighted by Gasteiger charge is 2.24. The number of nitrogens with zero attached hydrogens (tertiary/aromatic N) is 1. The van der Waals surface area contributed by atoms with Gasteiger partial charge >= 0.3 is 0 Å². The fourth-order valence-electron chi connectivity index (χ4n) is 3.51. The third kappa shape index (κ3) is 4.98. The minimum atomic E-state index is -3.25. The van der Waals surface area contributed by atoms with Crippen molar-refractivity contribution in [3.63, 3.8) is 0 Å². The molecule has 0 unspecified atom stereocenters. The Balaban J connectivity index is 1.76. The monoisotopic (exact) mass is 385 g/mol. The molecular weight excluding hydrogens is 358 g/mol. The summed E-state index contributed by atoms with van der Waals surface area (Å²) in [5.41, 5.74) is 4.75. The zero-order chi connectivity index (χ0) is 19.4. The number of unbranched alkanes of at least 4 members (excludes halogenated alkanes) is 1. The highest BCUT2D eigenvalue weighted by atomic mass is 32.2. The van der Waals surface area contributed by atoms with E-state index < -0.39 is 9.84 Å². The Morgan fingerprint density at radius 1 is 0.963 bits per heavy atom. The summed E-state index contributed by atoms with van der Waals surface area (Å²) >= 11 is 0. The molecule has 0 radical (unpaired) electrons. The largest absolute Gasteiger partial charge is 0.312 e. The van der Waals surface area contributed by atoms with Gasteiger partial charge in [0.25, 0.3) is 0 Å². The van der Waals surface area contributed by atoms with E-state index in [4.69, 9.17) is 0 Å². The molecule has 0 saturated carbocycles. The Bertz CT molecular complexity index is 917. The van der Waals surface area contributed by atoms with Crippen LogP contribution in [0.4, 0.5) is 5.69 Å². The highest BCUT2D eigenvalue weighted by molar-refractivity contribution is 7.89. The Hall–Kier alpha value is -2.14. The molecule has 0 bridgehead atoms. The van der Waals surface area contributed by atoms with Gasteiger partial charge in [-0.15, -0.1) is 0 Å². The smallest absolute Gasteiger partial charge is 0.227 e. The third-order valence-corrected chi connectivity index (χ3v) is 6.52. The molecule has 0 N–H and O–H groups in total. The van der Waals surface area contributed by atoms with Gasteiger partial charge < -0.3 is 4.90 Å². The summed E-state index contributed by atoms with van der Waals surface area (Å²) in [6.07, 6.45) is 3.19. The van der Waals surface area contributed by atoms with Gasteiger partial charge in [-0.2, -0.15) is 0 Å². The van der Waals surface area contributed by atoms with Crippen LogP contribution in [-0.4, -0.2) is 20.9 Å². The van der Waals surface area contributed by atoms with Crippen LogP contribution in [0.5, 0.6) is 0 Å². The highest BCUT2D eigenvalue weighted by Crippen LogP contribution is 2.30. The van der Waals surface area contributed by atoms with Crippen molar-refractivity contribution in [2.45, 2.75) is 51.0 Å². The van der Waals surface area contributed by atoms with Crippen molar-refractivity contribution in [2.75, 3.05) is 11.4 Å². The molecule has 4 nitrogen and oxygen atoms in total. The number of hydrogen-bond acceptors (Lipinski definition) is 3. The first-order chi connectivity index (χ1) is 12.9. The number of sulfone groups is 1. The lowest BCUT2D eigenvalue weighted by Crippen LogP contribution is -2.35. The fourth-order valence-corrected chi connectivity index (χ4v) is 5.00. The summed E-state index contributed by atoms with van der Waals surface area (Å²) in [6.45, 7) is 4.82. The Morgan fingerprint density at radius 2 is 1.63 bits per heavy atom. The second kappa shape index (κ2) is 8.26. The van der Waals surface area contributed by atoms with Crippen LogP contribution in [-0.2, 0) is 32.6 Å². The molecule has 0 aromatic heterocycles. The Labute approximate surface area is 162 Å². The molecule has 3 rings (SSSR count). The molecule has 1 aliphatic rings. The number of hydrogen-bond donors (Lipinski definition) is 0. The third-order valence-electron chi connectivity index (χ3n) is 4.97. The number of carbonyl (C=O) groups excluding carboxylic acids is 1. The number of amides is 1. The van der Waals surface area contributed by atoms with Crippen molar-refractivity contribution >= 4 is 21.4 Å². The first-order valence-electron chi connectivity index (χ1n) is 9.56. The summed E-state index contributed by atoms with van der Waals surface area (Å²) in [5, 5.41) is 0. The van der Waals surface area contributed by atoms with E-state index in [0.717, 1.165) is 47.3 Å². The first-order valence-corrected chi connectivity index (χ1v) is 11.4. The van der Waals surface area contributed by atoms with E-state index >= 15 is 0 Å². The molecule has 5 heteroatoms. The molecule has 0 atom stereocenters. The van der Waals surface area contributed by atoms with Crippen LogP contribution in [0.3, 0.4) is 0 Å². The number of aryl methyl sites for hydroxylation is 2. The average molecular weight is 386 g/mol. The van der Waals surface area contributed by atoms with E-state index in [9.17, 15) is 13.2 Å². The second-order valence-corrected chi connectivity index (χ2v) is 9.44. The van der Waals surface area contributed by atoms with Gasteiger partial charge in [-0.3, -0.25) is 4.79 Å². The number of rotatable bonds is 7. The van der Waals surface area contributed by atoms with Gasteiger partial charge in [0.15, 0.2) is 9.84 Å². The summed E-state index contributed by atoms with van der Waals surface area (Å²) in [6, 6.07) is 13.3. The molecule has 1 heterocycles. The fraction of sp³-hybridized carbons (Fsp3) is 0.409. The molecule has 27 heavy (non-hydrogen) atoms. The molecule has 0 fully saturated rings.